The van der Waals surface area contributed by atoms with Gasteiger partial charge in [-0.25, -0.2) is 0 Å². The third-order valence-corrected chi connectivity index (χ3v) is 3.61. The Hall–Kier alpha value is -1.46. The van der Waals surface area contributed by atoms with Crippen LogP contribution in [0.4, 0.5) is 0 Å². The molecule has 1 aliphatic rings. The number of hydrogen-bond acceptors (Lipinski definition) is 4. The highest BCUT2D eigenvalue weighted by Crippen LogP contribution is 2.16. The quantitative estimate of drug-likeness (QED) is 0.606. The van der Waals surface area contributed by atoms with Crippen LogP contribution in [0.25, 0.3) is 0 Å². The van der Waals surface area contributed by atoms with Crippen molar-refractivity contribution in [1.29, 1.82) is 5.41 Å². The van der Waals surface area contributed by atoms with Crippen molar-refractivity contribution in [3.8, 4) is 0 Å². The van der Waals surface area contributed by atoms with Gasteiger partial charge in [-0.2, -0.15) is 0 Å². The molecule has 1 unspecified atom stereocenters. The van der Waals surface area contributed by atoms with E-state index in [0.29, 0.717) is 5.69 Å². The van der Waals surface area contributed by atoms with E-state index < -0.39 is 0 Å². The standard InChI is InChI=1S/C14H23N5/c1-18-6-4-12(9-18)10-19(2)8-11-3-5-17-13(7-11)14(15)16/h3,5,7,12H,4,6,8-10H2,1-2H3,(H3,15,16). The third-order valence-electron chi connectivity index (χ3n) is 3.61. The lowest BCUT2D eigenvalue weighted by Gasteiger charge is -2.21. The molecule has 1 aromatic rings. The molecule has 1 aliphatic heterocycles. The first-order chi connectivity index (χ1) is 9.04. The summed E-state index contributed by atoms with van der Waals surface area (Å²) in [5.74, 6) is 0.797. The first-order valence-corrected chi connectivity index (χ1v) is 6.71. The Bertz CT molecular complexity index is 445. The van der Waals surface area contributed by atoms with Crippen LogP contribution in [-0.4, -0.2) is 54.3 Å². The topological polar surface area (TPSA) is 69.2 Å². The number of nitrogen functional groups attached to an aromatic ring is 1. The Labute approximate surface area is 114 Å². The second-order valence-electron chi connectivity index (χ2n) is 5.58. The minimum Gasteiger partial charge on any atom is -0.382 e. The Kier molecular flexibility index (Phi) is 4.50. The maximum Gasteiger partial charge on any atom is 0.141 e. The van der Waals surface area contributed by atoms with Gasteiger partial charge in [-0.3, -0.25) is 10.4 Å². The molecule has 2 rings (SSSR count). The molecule has 2 heterocycles. The molecule has 19 heavy (non-hydrogen) atoms. The molecule has 0 bridgehead atoms. The number of likely N-dealkylation sites (tertiary alicyclic amines) is 1. The predicted octanol–water partition coefficient (Wildman–Crippen LogP) is 0.749. The van der Waals surface area contributed by atoms with E-state index >= 15 is 0 Å². The average molecular weight is 261 g/mol. The minimum absolute atomic E-state index is 0.0296. The molecule has 104 valence electrons. The number of nitrogens with two attached hydrogens (primary N) is 1. The predicted molar refractivity (Wildman–Crippen MR) is 77.2 cm³/mol. The van der Waals surface area contributed by atoms with Crippen LogP contribution in [0.15, 0.2) is 18.3 Å². The Morgan fingerprint density at radius 1 is 1.63 bits per heavy atom. The summed E-state index contributed by atoms with van der Waals surface area (Å²) >= 11 is 0. The normalized spacial score (nSPS) is 20.1. The van der Waals surface area contributed by atoms with Gasteiger partial charge in [0.2, 0.25) is 0 Å². The summed E-state index contributed by atoms with van der Waals surface area (Å²) in [6.07, 6.45) is 3.01. The summed E-state index contributed by atoms with van der Waals surface area (Å²) < 4.78 is 0. The van der Waals surface area contributed by atoms with E-state index in [-0.39, 0.29) is 5.84 Å². The van der Waals surface area contributed by atoms with Crippen LogP contribution in [0.1, 0.15) is 17.7 Å². The van der Waals surface area contributed by atoms with Crippen LogP contribution in [-0.2, 0) is 6.54 Å². The zero-order valence-electron chi connectivity index (χ0n) is 11.8. The van der Waals surface area contributed by atoms with E-state index in [1.807, 2.05) is 12.1 Å². The van der Waals surface area contributed by atoms with Crippen LogP contribution < -0.4 is 5.73 Å². The number of pyridine rings is 1. The molecule has 0 aliphatic carbocycles. The lowest BCUT2D eigenvalue weighted by atomic mass is 10.1. The molecular formula is C14H23N5. The van der Waals surface area contributed by atoms with Crippen molar-refractivity contribution < 1.29 is 0 Å². The number of nitrogens with zero attached hydrogens (tertiary/aromatic N) is 3. The number of rotatable bonds is 5. The molecule has 1 fully saturated rings. The van der Waals surface area contributed by atoms with E-state index in [2.05, 4.69) is 28.9 Å². The van der Waals surface area contributed by atoms with Crippen LogP contribution in [0.3, 0.4) is 0 Å². The zero-order valence-corrected chi connectivity index (χ0v) is 11.8. The fraction of sp³-hybridized carbons (Fsp3) is 0.571. The van der Waals surface area contributed by atoms with Gasteiger partial charge in [-0.05, 0) is 50.7 Å². The molecular weight excluding hydrogens is 238 g/mol. The van der Waals surface area contributed by atoms with Gasteiger partial charge in [-0.15, -0.1) is 0 Å². The molecule has 0 amide bonds. The number of hydrogen-bond donors (Lipinski definition) is 2. The molecule has 0 radical (unpaired) electrons. The molecule has 1 atom stereocenters. The second kappa shape index (κ2) is 6.12. The molecule has 0 saturated carbocycles. The number of amidine groups is 1. The van der Waals surface area contributed by atoms with E-state index in [4.69, 9.17) is 11.1 Å². The Morgan fingerprint density at radius 3 is 3.05 bits per heavy atom. The average Bonchev–Trinajstić information content (AvgIpc) is 2.74. The molecule has 0 spiro atoms. The maximum atomic E-state index is 7.41. The van der Waals surface area contributed by atoms with Crippen molar-refractivity contribution in [3.05, 3.63) is 29.6 Å². The van der Waals surface area contributed by atoms with Gasteiger partial charge < -0.3 is 15.5 Å². The first kappa shape index (κ1) is 14.0. The van der Waals surface area contributed by atoms with Crippen molar-refractivity contribution in [2.45, 2.75) is 13.0 Å². The SMILES string of the molecule is CN1CCC(CN(C)Cc2ccnc(C(=N)N)c2)C1. The molecule has 0 aromatic carbocycles. The second-order valence-corrected chi connectivity index (χ2v) is 5.58. The lowest BCUT2D eigenvalue weighted by molar-refractivity contribution is 0.267. The summed E-state index contributed by atoms with van der Waals surface area (Å²) in [7, 11) is 4.33. The Balaban J connectivity index is 1.89. The highest BCUT2D eigenvalue weighted by atomic mass is 15.1. The van der Waals surface area contributed by atoms with Gasteiger partial charge in [0.15, 0.2) is 0 Å². The van der Waals surface area contributed by atoms with Gasteiger partial charge in [0.1, 0.15) is 11.5 Å². The highest BCUT2D eigenvalue weighted by Gasteiger charge is 2.20. The fourth-order valence-electron chi connectivity index (χ4n) is 2.71. The summed E-state index contributed by atoms with van der Waals surface area (Å²) in [5.41, 5.74) is 7.19. The van der Waals surface area contributed by atoms with E-state index in [9.17, 15) is 0 Å². The van der Waals surface area contributed by atoms with Crippen molar-refractivity contribution in [1.82, 2.24) is 14.8 Å². The van der Waals surface area contributed by atoms with Gasteiger partial charge in [0.25, 0.3) is 0 Å². The van der Waals surface area contributed by atoms with E-state index in [0.717, 1.165) is 24.6 Å². The summed E-state index contributed by atoms with van der Waals surface area (Å²) in [6, 6.07) is 3.89. The smallest absolute Gasteiger partial charge is 0.141 e. The largest absolute Gasteiger partial charge is 0.382 e. The van der Waals surface area contributed by atoms with Gasteiger partial charge in [-0.1, -0.05) is 0 Å². The van der Waals surface area contributed by atoms with Gasteiger partial charge in [0, 0.05) is 25.8 Å². The molecule has 1 saturated heterocycles. The van der Waals surface area contributed by atoms with E-state index in [1.54, 1.807) is 6.20 Å². The number of aromatic nitrogens is 1. The number of nitrogens with one attached hydrogen (secondary N) is 1. The molecule has 5 nitrogen and oxygen atoms in total. The molecule has 3 N–H and O–H groups in total. The summed E-state index contributed by atoms with van der Waals surface area (Å²) in [6.45, 7) is 4.40. The molecule has 5 heteroatoms. The van der Waals surface area contributed by atoms with Crippen LogP contribution in [0, 0.1) is 11.3 Å². The monoisotopic (exact) mass is 261 g/mol. The highest BCUT2D eigenvalue weighted by molar-refractivity contribution is 5.93. The van der Waals surface area contributed by atoms with Gasteiger partial charge >= 0.3 is 0 Å². The van der Waals surface area contributed by atoms with Crippen molar-refractivity contribution in [3.63, 3.8) is 0 Å². The van der Waals surface area contributed by atoms with Crippen LogP contribution >= 0.6 is 0 Å². The van der Waals surface area contributed by atoms with E-state index in [1.165, 1.54) is 19.5 Å². The van der Waals surface area contributed by atoms with Crippen molar-refractivity contribution >= 4 is 5.84 Å². The van der Waals surface area contributed by atoms with Crippen LogP contribution in [0.2, 0.25) is 0 Å². The molecule has 1 aromatic heterocycles. The Morgan fingerprint density at radius 2 is 2.42 bits per heavy atom. The van der Waals surface area contributed by atoms with Crippen molar-refractivity contribution in [2.24, 2.45) is 11.7 Å². The third kappa shape index (κ3) is 4.01. The van der Waals surface area contributed by atoms with Crippen molar-refractivity contribution in [2.75, 3.05) is 33.7 Å². The zero-order chi connectivity index (χ0) is 13.8. The maximum absolute atomic E-state index is 7.41. The summed E-state index contributed by atoms with van der Waals surface area (Å²) in [5, 5.41) is 7.41. The minimum atomic E-state index is 0.0296. The van der Waals surface area contributed by atoms with Gasteiger partial charge in [0.05, 0.1) is 0 Å². The van der Waals surface area contributed by atoms with Crippen LogP contribution in [0.5, 0.6) is 0 Å². The first-order valence-electron chi connectivity index (χ1n) is 6.71. The lowest BCUT2D eigenvalue weighted by Crippen LogP contribution is -2.27. The fourth-order valence-corrected chi connectivity index (χ4v) is 2.71. The summed E-state index contributed by atoms with van der Waals surface area (Å²) in [4.78, 5) is 8.81.